The van der Waals surface area contributed by atoms with E-state index < -0.39 is 0 Å². The van der Waals surface area contributed by atoms with Gasteiger partial charge in [0.25, 0.3) is 5.91 Å². The molecule has 1 heterocycles. The first-order valence-corrected chi connectivity index (χ1v) is 8.68. The number of hydrogen-bond donors (Lipinski definition) is 1. The van der Waals surface area contributed by atoms with Crippen LogP contribution in [-0.4, -0.2) is 16.5 Å². The molecule has 0 radical (unpaired) electrons. The lowest BCUT2D eigenvalue weighted by Crippen LogP contribution is -2.54. The van der Waals surface area contributed by atoms with Crippen LogP contribution in [0, 0.1) is 5.92 Å². The molecule has 1 aliphatic heterocycles. The van der Waals surface area contributed by atoms with Gasteiger partial charge in [-0.15, -0.1) is 0 Å². The molecule has 1 saturated heterocycles. The summed E-state index contributed by atoms with van der Waals surface area (Å²) in [5.41, 5.74) is 5.60. The first-order chi connectivity index (χ1) is 10.8. The second-order valence-electron chi connectivity index (χ2n) is 6.93. The molecule has 4 rings (SSSR count). The van der Waals surface area contributed by atoms with Crippen LogP contribution in [0.15, 0.2) is 42.1 Å². The molecule has 22 heavy (non-hydrogen) atoms. The third-order valence-corrected chi connectivity index (χ3v) is 5.71. The molecule has 3 nitrogen and oxygen atoms in total. The fourth-order valence-electron chi connectivity index (χ4n) is 4.65. The number of nitrogens with zero attached hydrogens (tertiary/aromatic N) is 1. The number of amides is 1. The molecule has 1 aromatic rings. The molecule has 1 amide bonds. The lowest BCUT2D eigenvalue weighted by atomic mass is 9.69. The summed E-state index contributed by atoms with van der Waals surface area (Å²) >= 11 is 0. The molecule has 0 bridgehead atoms. The minimum atomic E-state index is 0.0113. The van der Waals surface area contributed by atoms with Crippen molar-refractivity contribution in [3.63, 3.8) is 0 Å². The van der Waals surface area contributed by atoms with Gasteiger partial charge in [0, 0.05) is 17.2 Å². The summed E-state index contributed by atoms with van der Waals surface area (Å²) in [6, 6.07) is 9.72. The Kier molecular flexibility index (Phi) is 3.44. The highest BCUT2D eigenvalue weighted by Gasteiger charge is 2.53. The van der Waals surface area contributed by atoms with Gasteiger partial charge in [0.15, 0.2) is 0 Å². The van der Waals surface area contributed by atoms with Gasteiger partial charge >= 0.3 is 0 Å². The van der Waals surface area contributed by atoms with E-state index in [1.807, 2.05) is 35.3 Å². The van der Waals surface area contributed by atoms with E-state index in [0.29, 0.717) is 5.92 Å². The molecule has 1 aromatic carbocycles. The standard InChI is InChI=1S/C19H24N2O/c22-18(15-9-3-1-4-10-15)21-19(13-7-2-8-14-19)16-11-5-6-12-17(16)20-21/h1,3-4,9-10,12,16,20H,2,5-8,11,13-14H2/t16-/m0/s1. The maximum Gasteiger partial charge on any atom is 0.272 e. The zero-order valence-electron chi connectivity index (χ0n) is 13.1. The number of fused-ring (bicyclic) bond motifs is 2. The van der Waals surface area contributed by atoms with E-state index in [-0.39, 0.29) is 11.4 Å². The predicted molar refractivity (Wildman–Crippen MR) is 87.0 cm³/mol. The summed E-state index contributed by atoms with van der Waals surface area (Å²) in [4.78, 5) is 13.1. The van der Waals surface area contributed by atoms with Crippen LogP contribution in [0.5, 0.6) is 0 Å². The first-order valence-electron chi connectivity index (χ1n) is 8.68. The smallest absolute Gasteiger partial charge is 0.272 e. The van der Waals surface area contributed by atoms with Gasteiger partial charge in [-0.05, 0) is 44.2 Å². The van der Waals surface area contributed by atoms with Crippen molar-refractivity contribution in [2.45, 2.75) is 56.9 Å². The maximum atomic E-state index is 13.1. The Morgan fingerprint density at radius 2 is 1.86 bits per heavy atom. The summed E-state index contributed by atoms with van der Waals surface area (Å²) in [5, 5.41) is 2.00. The van der Waals surface area contributed by atoms with Crippen LogP contribution in [0.25, 0.3) is 0 Å². The average molecular weight is 296 g/mol. The van der Waals surface area contributed by atoms with Crippen molar-refractivity contribution in [2.24, 2.45) is 5.92 Å². The number of allylic oxidation sites excluding steroid dienone is 1. The van der Waals surface area contributed by atoms with Gasteiger partial charge in [0.05, 0.1) is 5.54 Å². The van der Waals surface area contributed by atoms with E-state index in [0.717, 1.165) is 24.8 Å². The zero-order chi connectivity index (χ0) is 15.0. The van der Waals surface area contributed by atoms with Crippen LogP contribution in [-0.2, 0) is 0 Å². The van der Waals surface area contributed by atoms with Crippen molar-refractivity contribution in [1.82, 2.24) is 10.4 Å². The van der Waals surface area contributed by atoms with Gasteiger partial charge in [0.1, 0.15) is 0 Å². The fourth-order valence-corrected chi connectivity index (χ4v) is 4.65. The normalized spacial score (nSPS) is 26.3. The average Bonchev–Trinajstić information content (AvgIpc) is 2.90. The molecule has 3 aliphatic rings. The number of carbonyl (C=O) groups excluding carboxylic acids is 1. The van der Waals surface area contributed by atoms with E-state index in [2.05, 4.69) is 11.5 Å². The second-order valence-corrected chi connectivity index (χ2v) is 6.93. The van der Waals surface area contributed by atoms with Crippen molar-refractivity contribution in [3.8, 4) is 0 Å². The van der Waals surface area contributed by atoms with Gasteiger partial charge in [-0.3, -0.25) is 10.2 Å². The van der Waals surface area contributed by atoms with Gasteiger partial charge in [0.2, 0.25) is 0 Å². The summed E-state index contributed by atoms with van der Waals surface area (Å²) in [7, 11) is 0. The molecule has 116 valence electrons. The lowest BCUT2D eigenvalue weighted by Gasteiger charge is -2.43. The third-order valence-electron chi connectivity index (χ3n) is 5.71. The van der Waals surface area contributed by atoms with E-state index in [9.17, 15) is 4.79 Å². The number of benzene rings is 1. The van der Waals surface area contributed by atoms with Crippen LogP contribution in [0.2, 0.25) is 0 Å². The third kappa shape index (κ3) is 2.06. The Labute approximate surface area is 132 Å². The molecule has 1 saturated carbocycles. The summed E-state index contributed by atoms with van der Waals surface area (Å²) in [6.07, 6.45) is 12.0. The Hall–Kier alpha value is -1.77. The van der Waals surface area contributed by atoms with Gasteiger partial charge in [-0.1, -0.05) is 43.5 Å². The fraction of sp³-hybridized carbons (Fsp3) is 0.526. The van der Waals surface area contributed by atoms with Gasteiger partial charge < -0.3 is 0 Å². The van der Waals surface area contributed by atoms with Crippen LogP contribution >= 0.6 is 0 Å². The molecule has 2 aliphatic carbocycles. The molecule has 1 N–H and O–H groups in total. The first kappa shape index (κ1) is 13.9. The van der Waals surface area contributed by atoms with Crippen molar-refractivity contribution < 1.29 is 4.79 Å². The zero-order valence-corrected chi connectivity index (χ0v) is 13.1. The van der Waals surface area contributed by atoms with E-state index >= 15 is 0 Å². The molecule has 1 spiro atoms. The van der Waals surface area contributed by atoms with Crippen molar-refractivity contribution in [2.75, 3.05) is 0 Å². The molecule has 0 unspecified atom stereocenters. The molecule has 3 heteroatoms. The highest BCUT2D eigenvalue weighted by atomic mass is 16.2. The minimum absolute atomic E-state index is 0.0113. The Morgan fingerprint density at radius 1 is 1.09 bits per heavy atom. The minimum Gasteiger partial charge on any atom is -0.299 e. The van der Waals surface area contributed by atoms with Crippen LogP contribution in [0.1, 0.15) is 61.7 Å². The quantitative estimate of drug-likeness (QED) is 0.848. The van der Waals surface area contributed by atoms with Gasteiger partial charge in [-0.2, -0.15) is 0 Å². The molecular weight excluding hydrogens is 272 g/mol. The highest BCUT2D eigenvalue weighted by Crippen LogP contribution is 2.49. The SMILES string of the molecule is O=C(c1ccccc1)N1NC2=CCCC[C@@H]2C12CCCCC2. The topological polar surface area (TPSA) is 32.3 Å². The van der Waals surface area contributed by atoms with Crippen LogP contribution in [0.3, 0.4) is 0 Å². The van der Waals surface area contributed by atoms with Crippen LogP contribution in [0.4, 0.5) is 0 Å². The summed E-state index contributed by atoms with van der Waals surface area (Å²) < 4.78 is 0. The van der Waals surface area contributed by atoms with Gasteiger partial charge in [-0.25, -0.2) is 5.01 Å². The molecule has 0 aromatic heterocycles. The Bertz CT molecular complexity index is 587. The lowest BCUT2D eigenvalue weighted by molar-refractivity contribution is 0.0226. The monoisotopic (exact) mass is 296 g/mol. The number of hydrogen-bond acceptors (Lipinski definition) is 2. The predicted octanol–water partition coefficient (Wildman–Crippen LogP) is 4.03. The second kappa shape index (κ2) is 5.45. The number of hydrazine groups is 1. The number of rotatable bonds is 1. The Balaban J connectivity index is 1.72. The van der Waals surface area contributed by atoms with Crippen molar-refractivity contribution >= 4 is 5.91 Å². The number of nitrogens with one attached hydrogen (secondary N) is 1. The van der Waals surface area contributed by atoms with E-state index in [1.165, 1.54) is 37.8 Å². The van der Waals surface area contributed by atoms with E-state index in [1.54, 1.807) is 0 Å². The number of carbonyl (C=O) groups is 1. The Morgan fingerprint density at radius 3 is 2.64 bits per heavy atom. The summed E-state index contributed by atoms with van der Waals surface area (Å²) in [5.74, 6) is 0.659. The molecular formula is C19H24N2O. The van der Waals surface area contributed by atoms with Crippen LogP contribution < -0.4 is 5.43 Å². The molecule has 2 fully saturated rings. The van der Waals surface area contributed by atoms with Crippen molar-refractivity contribution in [1.29, 1.82) is 0 Å². The molecule has 1 atom stereocenters. The maximum absolute atomic E-state index is 13.1. The largest absolute Gasteiger partial charge is 0.299 e. The highest BCUT2D eigenvalue weighted by molar-refractivity contribution is 5.94. The van der Waals surface area contributed by atoms with Crippen molar-refractivity contribution in [3.05, 3.63) is 47.7 Å². The summed E-state index contributed by atoms with van der Waals surface area (Å²) in [6.45, 7) is 0. The van der Waals surface area contributed by atoms with E-state index in [4.69, 9.17) is 0 Å².